The van der Waals surface area contributed by atoms with Gasteiger partial charge in [-0.3, -0.25) is 4.79 Å². The summed E-state index contributed by atoms with van der Waals surface area (Å²) in [6.45, 7) is 2.45. The van der Waals surface area contributed by atoms with Gasteiger partial charge in [0.25, 0.3) is 5.91 Å². The van der Waals surface area contributed by atoms with Crippen LogP contribution in [0.1, 0.15) is 54.9 Å². The number of nitrogens with one attached hydrogen (secondary N) is 1. The Morgan fingerprint density at radius 1 is 1.25 bits per heavy atom. The van der Waals surface area contributed by atoms with E-state index in [-0.39, 0.29) is 5.91 Å². The van der Waals surface area contributed by atoms with E-state index in [1.807, 2.05) is 24.3 Å². The zero-order valence-corrected chi connectivity index (χ0v) is 12.3. The molecule has 1 amide bonds. The van der Waals surface area contributed by atoms with E-state index in [1.165, 1.54) is 24.8 Å². The molecule has 0 saturated heterocycles. The summed E-state index contributed by atoms with van der Waals surface area (Å²) < 4.78 is 0. The summed E-state index contributed by atoms with van der Waals surface area (Å²) in [4.78, 5) is 12.0. The molecule has 1 aliphatic carbocycles. The van der Waals surface area contributed by atoms with Crippen LogP contribution in [0.4, 0.5) is 0 Å². The van der Waals surface area contributed by atoms with Gasteiger partial charge in [-0.1, -0.05) is 38.3 Å². The van der Waals surface area contributed by atoms with E-state index in [0.29, 0.717) is 18.0 Å². The van der Waals surface area contributed by atoms with Gasteiger partial charge in [-0.05, 0) is 42.9 Å². The second kappa shape index (κ2) is 7.44. The predicted molar refractivity (Wildman–Crippen MR) is 80.7 cm³/mol. The van der Waals surface area contributed by atoms with Crippen LogP contribution in [0, 0.1) is 5.92 Å². The molecule has 2 rings (SSSR count). The van der Waals surface area contributed by atoms with Crippen molar-refractivity contribution in [1.29, 1.82) is 0 Å². The zero-order valence-electron chi connectivity index (χ0n) is 12.3. The van der Waals surface area contributed by atoms with Gasteiger partial charge in [-0.15, -0.1) is 0 Å². The highest BCUT2D eigenvalue weighted by atomic mass is 16.3. The standard InChI is InChI=1S/C17H25NO2/c1-2-13-8-10-15(11-9-13)17(20)18-12-16(19)14-6-4-3-5-7-14/h8-11,14,16,19H,2-7,12H2,1H3,(H,18,20). The lowest BCUT2D eigenvalue weighted by Crippen LogP contribution is -2.37. The van der Waals surface area contributed by atoms with E-state index in [2.05, 4.69) is 12.2 Å². The average molecular weight is 275 g/mol. The molecule has 3 heteroatoms. The van der Waals surface area contributed by atoms with Gasteiger partial charge in [0.2, 0.25) is 0 Å². The highest BCUT2D eigenvalue weighted by Gasteiger charge is 2.22. The molecule has 1 aliphatic rings. The summed E-state index contributed by atoms with van der Waals surface area (Å²) in [7, 11) is 0. The van der Waals surface area contributed by atoms with Crippen molar-refractivity contribution in [3.8, 4) is 0 Å². The van der Waals surface area contributed by atoms with Crippen LogP contribution in [0.3, 0.4) is 0 Å². The maximum absolute atomic E-state index is 12.0. The number of aliphatic hydroxyl groups excluding tert-OH is 1. The van der Waals surface area contributed by atoms with E-state index in [9.17, 15) is 9.90 Å². The number of benzene rings is 1. The van der Waals surface area contributed by atoms with Crippen molar-refractivity contribution >= 4 is 5.91 Å². The molecule has 0 spiro atoms. The molecule has 1 aromatic carbocycles. The van der Waals surface area contributed by atoms with E-state index in [1.54, 1.807) is 0 Å². The minimum absolute atomic E-state index is 0.0949. The van der Waals surface area contributed by atoms with E-state index >= 15 is 0 Å². The van der Waals surface area contributed by atoms with Crippen molar-refractivity contribution in [1.82, 2.24) is 5.32 Å². The van der Waals surface area contributed by atoms with Crippen molar-refractivity contribution in [2.75, 3.05) is 6.54 Å². The Kier molecular flexibility index (Phi) is 5.60. The van der Waals surface area contributed by atoms with Crippen molar-refractivity contribution in [3.05, 3.63) is 35.4 Å². The number of carbonyl (C=O) groups is 1. The third kappa shape index (κ3) is 4.07. The summed E-state index contributed by atoms with van der Waals surface area (Å²) in [5, 5.41) is 13.0. The lowest BCUT2D eigenvalue weighted by Gasteiger charge is -2.26. The largest absolute Gasteiger partial charge is 0.391 e. The number of aryl methyl sites for hydroxylation is 1. The average Bonchev–Trinajstić information content (AvgIpc) is 2.53. The first-order chi connectivity index (χ1) is 9.70. The third-order valence-corrected chi connectivity index (χ3v) is 4.29. The van der Waals surface area contributed by atoms with Crippen molar-refractivity contribution in [2.45, 2.75) is 51.6 Å². The maximum Gasteiger partial charge on any atom is 0.251 e. The number of rotatable bonds is 5. The van der Waals surface area contributed by atoms with Crippen LogP contribution in [0.25, 0.3) is 0 Å². The molecule has 1 atom stereocenters. The Balaban J connectivity index is 1.81. The monoisotopic (exact) mass is 275 g/mol. The first-order valence-corrected chi connectivity index (χ1v) is 7.76. The minimum Gasteiger partial charge on any atom is -0.391 e. The molecule has 3 nitrogen and oxygen atoms in total. The summed E-state index contributed by atoms with van der Waals surface area (Å²) in [6.07, 6.45) is 6.42. The molecular formula is C17H25NO2. The van der Waals surface area contributed by atoms with Gasteiger partial charge in [0.1, 0.15) is 0 Å². The van der Waals surface area contributed by atoms with Crippen LogP contribution in [0.5, 0.6) is 0 Å². The fraction of sp³-hybridized carbons (Fsp3) is 0.588. The van der Waals surface area contributed by atoms with Crippen LogP contribution in [0.2, 0.25) is 0 Å². The van der Waals surface area contributed by atoms with Gasteiger partial charge >= 0.3 is 0 Å². The summed E-state index contributed by atoms with van der Waals surface area (Å²) in [6, 6.07) is 7.65. The Morgan fingerprint density at radius 2 is 1.90 bits per heavy atom. The van der Waals surface area contributed by atoms with Crippen LogP contribution in [-0.4, -0.2) is 23.7 Å². The van der Waals surface area contributed by atoms with Crippen LogP contribution >= 0.6 is 0 Å². The van der Waals surface area contributed by atoms with Gasteiger partial charge in [-0.25, -0.2) is 0 Å². The predicted octanol–water partition coefficient (Wildman–Crippen LogP) is 2.92. The van der Waals surface area contributed by atoms with Crippen molar-refractivity contribution < 1.29 is 9.90 Å². The molecular weight excluding hydrogens is 250 g/mol. The number of hydrogen-bond acceptors (Lipinski definition) is 2. The molecule has 0 bridgehead atoms. The fourth-order valence-corrected chi connectivity index (χ4v) is 2.88. The SMILES string of the molecule is CCc1ccc(C(=O)NCC(O)C2CCCCC2)cc1. The van der Waals surface area contributed by atoms with Crippen molar-refractivity contribution in [2.24, 2.45) is 5.92 Å². The first-order valence-electron chi connectivity index (χ1n) is 7.76. The summed E-state index contributed by atoms with van der Waals surface area (Å²) in [5.74, 6) is 0.258. The van der Waals surface area contributed by atoms with Crippen LogP contribution in [-0.2, 0) is 6.42 Å². The highest BCUT2D eigenvalue weighted by Crippen LogP contribution is 2.26. The van der Waals surface area contributed by atoms with Crippen LogP contribution in [0.15, 0.2) is 24.3 Å². The molecule has 2 N–H and O–H groups in total. The Labute approximate surface area is 121 Å². The zero-order chi connectivity index (χ0) is 14.4. The lowest BCUT2D eigenvalue weighted by atomic mass is 9.85. The Hall–Kier alpha value is -1.35. The second-order valence-electron chi connectivity index (χ2n) is 5.73. The van der Waals surface area contributed by atoms with Gasteiger partial charge in [0.15, 0.2) is 0 Å². The van der Waals surface area contributed by atoms with Gasteiger partial charge < -0.3 is 10.4 Å². The van der Waals surface area contributed by atoms with Gasteiger partial charge in [0, 0.05) is 12.1 Å². The maximum atomic E-state index is 12.0. The number of hydrogen-bond donors (Lipinski definition) is 2. The fourth-order valence-electron chi connectivity index (χ4n) is 2.88. The lowest BCUT2D eigenvalue weighted by molar-refractivity contribution is 0.0738. The number of carbonyl (C=O) groups excluding carboxylic acids is 1. The highest BCUT2D eigenvalue weighted by molar-refractivity contribution is 5.94. The molecule has 1 fully saturated rings. The molecule has 1 saturated carbocycles. The summed E-state index contributed by atoms with van der Waals surface area (Å²) in [5.41, 5.74) is 1.89. The molecule has 0 radical (unpaired) electrons. The van der Waals surface area contributed by atoms with Gasteiger partial charge in [0.05, 0.1) is 6.10 Å². The van der Waals surface area contributed by atoms with Crippen molar-refractivity contribution in [3.63, 3.8) is 0 Å². The molecule has 1 aromatic rings. The van der Waals surface area contributed by atoms with E-state index in [0.717, 1.165) is 19.3 Å². The molecule has 0 aromatic heterocycles. The smallest absolute Gasteiger partial charge is 0.251 e. The minimum atomic E-state index is -0.408. The molecule has 1 unspecified atom stereocenters. The van der Waals surface area contributed by atoms with Crippen LogP contribution < -0.4 is 5.32 Å². The van der Waals surface area contributed by atoms with Gasteiger partial charge in [-0.2, -0.15) is 0 Å². The number of amides is 1. The third-order valence-electron chi connectivity index (χ3n) is 4.29. The first kappa shape index (κ1) is 15.0. The Bertz CT molecular complexity index is 421. The second-order valence-corrected chi connectivity index (χ2v) is 5.73. The molecule has 20 heavy (non-hydrogen) atoms. The summed E-state index contributed by atoms with van der Waals surface area (Å²) >= 11 is 0. The topological polar surface area (TPSA) is 49.3 Å². The van der Waals surface area contributed by atoms with E-state index in [4.69, 9.17) is 0 Å². The quantitative estimate of drug-likeness (QED) is 0.868. The molecule has 0 heterocycles. The molecule has 0 aliphatic heterocycles. The normalized spacial score (nSPS) is 17.7. The Morgan fingerprint density at radius 3 is 2.50 bits per heavy atom. The number of aliphatic hydroxyl groups is 1. The van der Waals surface area contributed by atoms with E-state index < -0.39 is 6.10 Å². The molecule has 110 valence electrons.